The van der Waals surface area contributed by atoms with Gasteiger partial charge in [0.05, 0.1) is 6.04 Å². The Morgan fingerprint density at radius 3 is 3.23 bits per heavy atom. The molecule has 1 atom stereocenters. The van der Waals surface area contributed by atoms with Crippen LogP contribution in [0.5, 0.6) is 5.75 Å². The Balaban J connectivity index is 1.37. The van der Waals surface area contributed by atoms with Crippen LogP contribution in [0.2, 0.25) is 0 Å². The molecule has 134 valence electrons. The van der Waals surface area contributed by atoms with Crippen LogP contribution in [-0.4, -0.2) is 45.3 Å². The van der Waals surface area contributed by atoms with Crippen molar-refractivity contribution in [1.82, 2.24) is 24.9 Å². The van der Waals surface area contributed by atoms with E-state index in [2.05, 4.69) is 43.5 Å². The van der Waals surface area contributed by atoms with Gasteiger partial charge in [0, 0.05) is 24.8 Å². The summed E-state index contributed by atoms with van der Waals surface area (Å²) in [6, 6.07) is 8.75. The first-order chi connectivity index (χ1) is 12.9. The predicted octanol–water partition coefficient (Wildman–Crippen LogP) is 1.82. The summed E-state index contributed by atoms with van der Waals surface area (Å²) in [5.74, 6) is 2.69. The fraction of sp³-hybridized carbons (Fsp3) is 0.421. The zero-order chi connectivity index (χ0) is 17.3. The van der Waals surface area contributed by atoms with E-state index in [0.717, 1.165) is 50.5 Å². The Labute approximate surface area is 152 Å². The minimum atomic E-state index is 0.331. The van der Waals surface area contributed by atoms with Crippen molar-refractivity contribution in [2.45, 2.75) is 31.8 Å². The van der Waals surface area contributed by atoms with E-state index in [0.29, 0.717) is 18.4 Å². The van der Waals surface area contributed by atoms with Crippen LogP contribution < -0.4 is 15.0 Å². The average molecular weight is 350 g/mol. The molecule has 2 aliphatic heterocycles. The Morgan fingerprint density at radius 1 is 1.23 bits per heavy atom. The highest BCUT2D eigenvalue weighted by atomic mass is 16.5. The molecule has 0 amide bonds. The van der Waals surface area contributed by atoms with Gasteiger partial charge in [-0.1, -0.05) is 12.1 Å². The summed E-state index contributed by atoms with van der Waals surface area (Å²) in [4.78, 5) is 10.8. The third-order valence-electron chi connectivity index (χ3n) is 5.37. The van der Waals surface area contributed by atoms with Gasteiger partial charge in [0.1, 0.15) is 24.5 Å². The first-order valence-electron chi connectivity index (χ1n) is 9.26. The van der Waals surface area contributed by atoms with Crippen LogP contribution in [0.25, 0.3) is 5.78 Å². The summed E-state index contributed by atoms with van der Waals surface area (Å²) in [6.07, 6.45) is 6.70. The van der Waals surface area contributed by atoms with E-state index >= 15 is 0 Å². The molecular weight excluding hydrogens is 328 g/mol. The number of aromatic nitrogens is 4. The maximum atomic E-state index is 6.29. The first kappa shape index (κ1) is 15.6. The summed E-state index contributed by atoms with van der Waals surface area (Å²) < 4.78 is 8.10. The van der Waals surface area contributed by atoms with E-state index in [-0.39, 0.29) is 0 Å². The monoisotopic (exact) mass is 350 g/mol. The number of nitrogens with one attached hydrogen (secondary N) is 1. The molecule has 0 unspecified atom stereocenters. The molecule has 7 nitrogen and oxygen atoms in total. The molecule has 0 aliphatic carbocycles. The van der Waals surface area contributed by atoms with Crippen molar-refractivity contribution in [3.63, 3.8) is 0 Å². The van der Waals surface area contributed by atoms with E-state index < -0.39 is 0 Å². The number of rotatable bonds is 4. The van der Waals surface area contributed by atoms with Gasteiger partial charge in [0.2, 0.25) is 0 Å². The van der Waals surface area contributed by atoms with Crippen LogP contribution in [0, 0.1) is 0 Å². The Kier molecular flexibility index (Phi) is 3.93. The van der Waals surface area contributed by atoms with Gasteiger partial charge in [-0.3, -0.25) is 0 Å². The average Bonchev–Trinajstić information content (AvgIpc) is 3.35. The molecule has 26 heavy (non-hydrogen) atoms. The van der Waals surface area contributed by atoms with Crippen molar-refractivity contribution in [1.29, 1.82) is 0 Å². The van der Waals surface area contributed by atoms with Crippen molar-refractivity contribution in [2.24, 2.45) is 0 Å². The minimum Gasteiger partial charge on any atom is -0.491 e. The van der Waals surface area contributed by atoms with Crippen molar-refractivity contribution < 1.29 is 4.74 Å². The highest BCUT2D eigenvalue weighted by Gasteiger charge is 2.28. The number of anilines is 1. The second-order valence-corrected chi connectivity index (χ2v) is 6.90. The fourth-order valence-electron chi connectivity index (χ4n) is 4.06. The highest BCUT2D eigenvalue weighted by molar-refractivity contribution is 5.47. The van der Waals surface area contributed by atoms with Gasteiger partial charge in [-0.2, -0.15) is 14.6 Å². The molecule has 0 radical (unpaired) electrons. The molecule has 5 rings (SSSR count). The van der Waals surface area contributed by atoms with Crippen LogP contribution in [0.1, 0.15) is 24.0 Å². The maximum absolute atomic E-state index is 6.29. The molecule has 1 saturated heterocycles. The highest BCUT2D eigenvalue weighted by Crippen LogP contribution is 2.28. The SMILES string of the molecule is c1cc2c(c(OC[C@H]3CCCN3c3ccnc4ncnn34)c1)CNCC2. The molecule has 0 saturated carbocycles. The standard InChI is InChI=1S/C19H22N6O/c1-3-14-6-8-20-11-16(14)17(5-1)26-12-15-4-2-10-24(15)18-7-9-21-19-22-13-23-25(18)19/h1,3,5,7,9,13,15,20H,2,4,6,8,10-12H2/t15-/m1/s1. The van der Waals surface area contributed by atoms with Crippen LogP contribution in [-0.2, 0) is 13.0 Å². The number of benzene rings is 1. The summed E-state index contributed by atoms with van der Waals surface area (Å²) in [5.41, 5.74) is 2.72. The number of ether oxygens (including phenoxy) is 1. The first-order valence-corrected chi connectivity index (χ1v) is 9.26. The van der Waals surface area contributed by atoms with E-state index in [1.165, 1.54) is 11.1 Å². The predicted molar refractivity (Wildman–Crippen MR) is 98.5 cm³/mol. The molecule has 0 spiro atoms. The van der Waals surface area contributed by atoms with Gasteiger partial charge in [-0.25, -0.2) is 4.98 Å². The summed E-state index contributed by atoms with van der Waals surface area (Å²) in [6.45, 7) is 3.61. The van der Waals surface area contributed by atoms with E-state index in [1.54, 1.807) is 12.5 Å². The lowest BCUT2D eigenvalue weighted by Gasteiger charge is -2.27. The molecule has 7 heteroatoms. The zero-order valence-electron chi connectivity index (χ0n) is 14.6. The van der Waals surface area contributed by atoms with E-state index in [4.69, 9.17) is 4.74 Å². The summed E-state index contributed by atoms with van der Waals surface area (Å²) >= 11 is 0. The Bertz CT molecular complexity index is 923. The largest absolute Gasteiger partial charge is 0.491 e. The summed E-state index contributed by atoms with van der Waals surface area (Å²) in [5, 5.41) is 7.77. The van der Waals surface area contributed by atoms with Crippen LogP contribution in [0.4, 0.5) is 5.82 Å². The zero-order valence-corrected chi connectivity index (χ0v) is 14.6. The van der Waals surface area contributed by atoms with Crippen LogP contribution >= 0.6 is 0 Å². The van der Waals surface area contributed by atoms with Crippen molar-refractivity contribution in [2.75, 3.05) is 24.6 Å². The third kappa shape index (κ3) is 2.68. The Morgan fingerprint density at radius 2 is 2.23 bits per heavy atom. The molecule has 4 heterocycles. The molecule has 0 bridgehead atoms. The van der Waals surface area contributed by atoms with Crippen LogP contribution in [0.15, 0.2) is 36.8 Å². The van der Waals surface area contributed by atoms with E-state index in [9.17, 15) is 0 Å². The Hall–Kier alpha value is -2.67. The molecule has 1 fully saturated rings. The lowest BCUT2D eigenvalue weighted by atomic mass is 10.0. The minimum absolute atomic E-state index is 0.331. The maximum Gasteiger partial charge on any atom is 0.254 e. The van der Waals surface area contributed by atoms with Gasteiger partial charge in [-0.15, -0.1) is 0 Å². The van der Waals surface area contributed by atoms with Crippen molar-refractivity contribution >= 4 is 11.6 Å². The molecule has 1 N–H and O–H groups in total. The third-order valence-corrected chi connectivity index (χ3v) is 5.37. The van der Waals surface area contributed by atoms with Crippen molar-refractivity contribution in [3.8, 4) is 5.75 Å². The van der Waals surface area contributed by atoms with Crippen molar-refractivity contribution in [3.05, 3.63) is 47.9 Å². The quantitative estimate of drug-likeness (QED) is 0.774. The second-order valence-electron chi connectivity index (χ2n) is 6.90. The second kappa shape index (κ2) is 6.57. The lowest BCUT2D eigenvalue weighted by molar-refractivity contribution is 0.283. The normalized spacial score (nSPS) is 19.7. The van der Waals surface area contributed by atoms with Gasteiger partial charge >= 0.3 is 0 Å². The van der Waals surface area contributed by atoms with Gasteiger partial charge in [-0.05, 0) is 43.5 Å². The van der Waals surface area contributed by atoms with E-state index in [1.807, 2.05) is 10.6 Å². The van der Waals surface area contributed by atoms with Gasteiger partial charge < -0.3 is 15.0 Å². The van der Waals surface area contributed by atoms with Crippen LogP contribution in [0.3, 0.4) is 0 Å². The number of hydrogen-bond donors (Lipinski definition) is 1. The molecule has 2 aromatic heterocycles. The topological polar surface area (TPSA) is 67.6 Å². The number of hydrogen-bond acceptors (Lipinski definition) is 6. The number of nitrogens with zero attached hydrogens (tertiary/aromatic N) is 5. The fourth-order valence-corrected chi connectivity index (χ4v) is 4.06. The van der Waals surface area contributed by atoms with Gasteiger partial charge in [0.25, 0.3) is 5.78 Å². The molecular formula is C19H22N6O. The summed E-state index contributed by atoms with van der Waals surface area (Å²) in [7, 11) is 0. The van der Waals surface area contributed by atoms with Gasteiger partial charge in [0.15, 0.2) is 0 Å². The smallest absolute Gasteiger partial charge is 0.254 e. The molecule has 3 aromatic rings. The number of fused-ring (bicyclic) bond motifs is 2. The lowest BCUT2D eigenvalue weighted by Crippen LogP contribution is -2.36. The molecule has 2 aliphatic rings. The molecule has 1 aromatic carbocycles.